The summed E-state index contributed by atoms with van der Waals surface area (Å²) in [6, 6.07) is 15.0. The van der Waals surface area contributed by atoms with Crippen LogP contribution in [0.5, 0.6) is 0 Å². The summed E-state index contributed by atoms with van der Waals surface area (Å²) in [6.45, 7) is 10.5. The Hall–Kier alpha value is -1.16. The molecule has 4 rings (SSSR count). The Morgan fingerprint density at radius 2 is 1.85 bits per heavy atom. The summed E-state index contributed by atoms with van der Waals surface area (Å²) in [7, 11) is 0. The van der Waals surface area contributed by atoms with Crippen molar-refractivity contribution in [3.8, 4) is 0 Å². The molecule has 0 saturated carbocycles. The average molecular weight is 387 g/mol. The van der Waals surface area contributed by atoms with Crippen molar-refractivity contribution in [2.75, 3.05) is 24.5 Å². The van der Waals surface area contributed by atoms with Crippen molar-refractivity contribution in [2.24, 2.45) is 5.92 Å². The van der Waals surface area contributed by atoms with Crippen LogP contribution in [0.1, 0.15) is 33.6 Å². The molecule has 2 nitrogen and oxygen atoms in total. The maximum Gasteiger partial charge on any atom is 0.0567 e. The summed E-state index contributed by atoms with van der Waals surface area (Å²) in [5, 5.41) is 0.809. The van der Waals surface area contributed by atoms with E-state index in [9.17, 15) is 0 Å². The zero-order valence-corrected chi connectivity index (χ0v) is 17.4. The lowest BCUT2D eigenvalue weighted by Crippen LogP contribution is -2.39. The van der Waals surface area contributed by atoms with E-state index in [0.717, 1.165) is 30.5 Å². The second kappa shape index (κ2) is 7.10. The molecule has 0 N–H and O–H groups in total. The summed E-state index contributed by atoms with van der Waals surface area (Å²) in [4.78, 5) is 7.75. The third-order valence-corrected chi connectivity index (χ3v) is 7.00. The first-order chi connectivity index (χ1) is 12.4. The van der Waals surface area contributed by atoms with Crippen molar-refractivity contribution in [2.45, 2.75) is 48.9 Å². The Balaban J connectivity index is 1.54. The number of anilines is 2. The van der Waals surface area contributed by atoms with Crippen LogP contribution in [-0.2, 0) is 0 Å². The third-order valence-electron chi connectivity index (χ3n) is 5.63. The molecule has 2 heterocycles. The highest BCUT2D eigenvalue weighted by Gasteiger charge is 2.35. The normalized spacial score (nSPS) is 21.5. The van der Waals surface area contributed by atoms with E-state index in [1.54, 1.807) is 0 Å². The Kier molecular flexibility index (Phi) is 4.98. The van der Waals surface area contributed by atoms with Gasteiger partial charge in [0.05, 0.1) is 11.4 Å². The smallest absolute Gasteiger partial charge is 0.0567 e. The molecule has 1 fully saturated rings. The highest BCUT2D eigenvalue weighted by molar-refractivity contribution is 7.99. The van der Waals surface area contributed by atoms with Gasteiger partial charge >= 0.3 is 0 Å². The number of nitrogens with zero attached hydrogens (tertiary/aromatic N) is 2. The first-order valence-electron chi connectivity index (χ1n) is 9.53. The van der Waals surface area contributed by atoms with Crippen molar-refractivity contribution in [3.63, 3.8) is 0 Å². The van der Waals surface area contributed by atoms with Crippen molar-refractivity contribution in [1.29, 1.82) is 0 Å². The van der Waals surface area contributed by atoms with Gasteiger partial charge in [-0.3, -0.25) is 4.90 Å². The molecule has 1 atom stereocenters. The minimum atomic E-state index is 0.330. The fraction of sp³-hybridized carbons (Fsp3) is 0.455. The summed E-state index contributed by atoms with van der Waals surface area (Å²) in [5.74, 6) is 0.802. The number of fused-ring (bicyclic) bond motifs is 2. The monoisotopic (exact) mass is 386 g/mol. The number of benzene rings is 2. The van der Waals surface area contributed by atoms with Crippen LogP contribution in [0.4, 0.5) is 11.4 Å². The number of rotatable bonds is 4. The van der Waals surface area contributed by atoms with Crippen LogP contribution in [0.3, 0.4) is 0 Å². The first kappa shape index (κ1) is 18.2. The molecule has 4 heteroatoms. The molecule has 0 bridgehead atoms. The van der Waals surface area contributed by atoms with Crippen LogP contribution < -0.4 is 4.90 Å². The van der Waals surface area contributed by atoms with Gasteiger partial charge in [-0.1, -0.05) is 42.4 Å². The fourth-order valence-electron chi connectivity index (χ4n) is 4.53. The van der Waals surface area contributed by atoms with Gasteiger partial charge in [0.25, 0.3) is 0 Å². The van der Waals surface area contributed by atoms with E-state index < -0.39 is 0 Å². The molecule has 0 aromatic heterocycles. The van der Waals surface area contributed by atoms with Crippen molar-refractivity contribution >= 4 is 34.7 Å². The average Bonchev–Trinajstić information content (AvgIpc) is 2.86. The van der Waals surface area contributed by atoms with Gasteiger partial charge < -0.3 is 4.90 Å². The highest BCUT2D eigenvalue weighted by Crippen LogP contribution is 2.48. The lowest BCUT2D eigenvalue weighted by molar-refractivity contribution is 0.174. The topological polar surface area (TPSA) is 6.48 Å². The lowest BCUT2D eigenvalue weighted by Gasteiger charge is -2.35. The zero-order chi connectivity index (χ0) is 18.3. The predicted octanol–water partition coefficient (Wildman–Crippen LogP) is 6.45. The predicted molar refractivity (Wildman–Crippen MR) is 113 cm³/mol. The molecule has 2 aromatic rings. The number of hydrogen-bond acceptors (Lipinski definition) is 3. The van der Waals surface area contributed by atoms with Crippen LogP contribution >= 0.6 is 23.4 Å². The van der Waals surface area contributed by atoms with Gasteiger partial charge in [0.1, 0.15) is 0 Å². The molecular formula is C22H27ClN2S. The summed E-state index contributed by atoms with van der Waals surface area (Å²) in [5.41, 5.74) is 2.88. The van der Waals surface area contributed by atoms with E-state index in [0.29, 0.717) is 5.54 Å². The van der Waals surface area contributed by atoms with E-state index in [-0.39, 0.29) is 0 Å². The molecule has 0 amide bonds. The van der Waals surface area contributed by atoms with E-state index in [1.165, 1.54) is 34.1 Å². The third kappa shape index (κ3) is 3.49. The summed E-state index contributed by atoms with van der Waals surface area (Å²) >= 11 is 8.16. The standard InChI is InChI=1S/C22H27ClN2S/c1-16-14-22(2,3)24(15-16)11-6-12-25-18-7-4-5-8-20(18)26-21-10-9-17(23)13-19(21)25/h4-5,7-10,13,16H,6,11-12,14-15H2,1-3H3. The van der Waals surface area contributed by atoms with Crippen molar-refractivity contribution in [1.82, 2.24) is 4.90 Å². The van der Waals surface area contributed by atoms with E-state index >= 15 is 0 Å². The van der Waals surface area contributed by atoms with Gasteiger partial charge in [0.2, 0.25) is 0 Å². The van der Waals surface area contributed by atoms with Gasteiger partial charge in [-0.05, 0) is 62.9 Å². The minimum Gasteiger partial charge on any atom is -0.340 e. The molecule has 26 heavy (non-hydrogen) atoms. The van der Waals surface area contributed by atoms with Crippen LogP contribution in [0.15, 0.2) is 52.3 Å². The second-order valence-corrected chi connectivity index (χ2v) is 9.77. The maximum absolute atomic E-state index is 6.32. The van der Waals surface area contributed by atoms with Gasteiger partial charge in [0.15, 0.2) is 0 Å². The van der Waals surface area contributed by atoms with Gasteiger partial charge in [0, 0.05) is 40.0 Å². The molecule has 1 unspecified atom stereocenters. The molecule has 2 aliphatic heterocycles. The molecule has 0 radical (unpaired) electrons. The Morgan fingerprint density at radius 3 is 2.62 bits per heavy atom. The second-order valence-electron chi connectivity index (χ2n) is 8.25. The largest absolute Gasteiger partial charge is 0.340 e. The number of halogens is 1. The summed E-state index contributed by atoms with van der Waals surface area (Å²) in [6.07, 6.45) is 2.45. The highest BCUT2D eigenvalue weighted by atomic mass is 35.5. The molecule has 1 saturated heterocycles. The number of para-hydroxylation sites is 1. The summed E-state index contributed by atoms with van der Waals surface area (Å²) < 4.78 is 0. The Labute approximate surface area is 166 Å². The van der Waals surface area contributed by atoms with E-state index in [4.69, 9.17) is 11.6 Å². The molecule has 2 aliphatic rings. The van der Waals surface area contributed by atoms with Gasteiger partial charge in [-0.15, -0.1) is 0 Å². The lowest BCUT2D eigenvalue weighted by atomic mass is 9.97. The zero-order valence-electron chi connectivity index (χ0n) is 15.8. The molecule has 0 aliphatic carbocycles. The van der Waals surface area contributed by atoms with Crippen LogP contribution in [-0.4, -0.2) is 30.1 Å². The van der Waals surface area contributed by atoms with Gasteiger partial charge in [-0.25, -0.2) is 0 Å². The van der Waals surface area contributed by atoms with Crippen LogP contribution in [0.2, 0.25) is 5.02 Å². The first-order valence-corrected chi connectivity index (χ1v) is 10.7. The van der Waals surface area contributed by atoms with Crippen LogP contribution in [0.25, 0.3) is 0 Å². The van der Waals surface area contributed by atoms with Crippen molar-refractivity contribution in [3.05, 3.63) is 47.5 Å². The Morgan fingerprint density at radius 1 is 1.08 bits per heavy atom. The van der Waals surface area contributed by atoms with Crippen LogP contribution in [0, 0.1) is 5.92 Å². The number of likely N-dealkylation sites (tertiary alicyclic amines) is 1. The minimum absolute atomic E-state index is 0.330. The fourth-order valence-corrected chi connectivity index (χ4v) is 5.77. The Bertz CT molecular complexity index is 804. The van der Waals surface area contributed by atoms with Gasteiger partial charge in [-0.2, -0.15) is 0 Å². The molecule has 2 aromatic carbocycles. The molecular weight excluding hydrogens is 360 g/mol. The number of hydrogen-bond donors (Lipinski definition) is 0. The van der Waals surface area contributed by atoms with Crippen molar-refractivity contribution < 1.29 is 0 Å². The maximum atomic E-state index is 6.32. The molecule has 0 spiro atoms. The quantitative estimate of drug-likeness (QED) is 0.595. The molecule has 138 valence electrons. The van der Waals surface area contributed by atoms with E-state index in [2.05, 4.69) is 67.0 Å². The SMILES string of the molecule is CC1CN(CCCN2c3ccccc3Sc3ccc(Cl)cc32)C(C)(C)C1. The van der Waals surface area contributed by atoms with E-state index in [1.807, 2.05) is 17.8 Å².